The van der Waals surface area contributed by atoms with Gasteiger partial charge in [-0.15, -0.1) is 0 Å². The lowest BCUT2D eigenvalue weighted by atomic mass is 10.1. The van der Waals surface area contributed by atoms with E-state index in [9.17, 15) is 9.59 Å². The van der Waals surface area contributed by atoms with Gasteiger partial charge in [0, 0.05) is 0 Å². The van der Waals surface area contributed by atoms with E-state index >= 15 is 0 Å². The van der Waals surface area contributed by atoms with E-state index in [0.717, 1.165) is 5.56 Å². The van der Waals surface area contributed by atoms with Crippen molar-refractivity contribution in [3.05, 3.63) is 35.9 Å². The number of ketones is 1. The van der Waals surface area contributed by atoms with E-state index in [0.29, 0.717) is 0 Å². The van der Waals surface area contributed by atoms with Crippen LogP contribution >= 0.6 is 15.9 Å². The molecule has 4 heteroatoms. The Kier molecular flexibility index (Phi) is 4.24. The summed E-state index contributed by atoms with van der Waals surface area (Å²) in [5.41, 5.74) is 0.891. The van der Waals surface area contributed by atoms with Gasteiger partial charge in [-0.25, -0.2) is 0 Å². The Bertz CT molecular complexity index is 385. The summed E-state index contributed by atoms with van der Waals surface area (Å²) in [6.07, 6.45) is 0. The number of ether oxygens (including phenoxy) is 1. The second-order valence-corrected chi connectivity index (χ2v) is 5.21. The number of alkyl halides is 1. The second kappa shape index (κ2) is 5.25. The topological polar surface area (TPSA) is 43.4 Å². The largest absolute Gasteiger partial charge is 0.459 e. The molecule has 0 amide bonds. The first-order valence-corrected chi connectivity index (χ1v) is 5.65. The maximum atomic E-state index is 11.6. The molecule has 0 fully saturated rings. The zero-order valence-electron chi connectivity index (χ0n) is 9.20. The van der Waals surface area contributed by atoms with Crippen LogP contribution in [-0.2, 0) is 20.9 Å². The molecule has 0 heterocycles. The fraction of sp³-hybridized carbons (Fsp3) is 0.333. The molecule has 0 aliphatic rings. The Morgan fingerprint density at radius 1 is 1.31 bits per heavy atom. The van der Waals surface area contributed by atoms with Crippen LogP contribution in [0.25, 0.3) is 0 Å². The van der Waals surface area contributed by atoms with E-state index in [-0.39, 0.29) is 12.4 Å². The van der Waals surface area contributed by atoms with Gasteiger partial charge < -0.3 is 4.74 Å². The maximum Gasteiger partial charge on any atom is 0.330 e. The van der Waals surface area contributed by atoms with Gasteiger partial charge in [0.05, 0.1) is 0 Å². The average Bonchev–Trinajstić information content (AvgIpc) is 2.27. The Balaban J connectivity index is 2.57. The number of carbonyl (C=O) groups is 2. The highest BCUT2D eigenvalue weighted by atomic mass is 79.9. The van der Waals surface area contributed by atoms with E-state index in [4.69, 9.17) is 4.74 Å². The van der Waals surface area contributed by atoms with Gasteiger partial charge in [-0.05, 0) is 19.4 Å². The molecular weight excluding hydrogens is 272 g/mol. The number of halogens is 1. The molecule has 3 nitrogen and oxygen atoms in total. The number of Topliss-reactive ketones (excluding diaryl/α,β-unsaturated/α-hetero) is 1. The van der Waals surface area contributed by atoms with Crippen molar-refractivity contribution in [3.63, 3.8) is 0 Å². The van der Waals surface area contributed by atoms with Crippen molar-refractivity contribution in [1.29, 1.82) is 0 Å². The van der Waals surface area contributed by atoms with Gasteiger partial charge in [-0.1, -0.05) is 46.3 Å². The summed E-state index contributed by atoms with van der Waals surface area (Å²) in [6, 6.07) is 9.32. The molecule has 0 aliphatic carbocycles. The van der Waals surface area contributed by atoms with E-state index in [1.807, 2.05) is 30.3 Å². The first-order valence-electron chi connectivity index (χ1n) is 4.85. The monoisotopic (exact) mass is 284 g/mol. The molecular formula is C12H13BrO3. The van der Waals surface area contributed by atoms with Gasteiger partial charge in [-0.2, -0.15) is 0 Å². The zero-order valence-corrected chi connectivity index (χ0v) is 10.8. The highest BCUT2D eigenvalue weighted by molar-refractivity contribution is 9.10. The lowest BCUT2D eigenvalue weighted by molar-refractivity contribution is -0.149. The van der Waals surface area contributed by atoms with Crippen LogP contribution in [0.2, 0.25) is 0 Å². The molecule has 1 rings (SSSR count). The SMILES string of the molecule is CC(=O)C(C)(Br)C(=O)OCc1ccccc1. The van der Waals surface area contributed by atoms with Gasteiger partial charge in [0.15, 0.2) is 10.1 Å². The van der Waals surface area contributed by atoms with E-state index in [2.05, 4.69) is 15.9 Å². The number of hydrogen-bond donors (Lipinski definition) is 0. The summed E-state index contributed by atoms with van der Waals surface area (Å²) >= 11 is 3.06. The molecule has 1 unspecified atom stereocenters. The molecule has 0 spiro atoms. The lowest BCUT2D eigenvalue weighted by Crippen LogP contribution is -2.37. The fourth-order valence-corrected chi connectivity index (χ4v) is 1.12. The first kappa shape index (κ1) is 12.9. The number of benzene rings is 1. The molecule has 86 valence electrons. The van der Waals surface area contributed by atoms with Crippen LogP contribution in [0.1, 0.15) is 19.4 Å². The third kappa shape index (κ3) is 3.17. The molecule has 0 bridgehead atoms. The highest BCUT2D eigenvalue weighted by Crippen LogP contribution is 2.21. The molecule has 1 atom stereocenters. The molecule has 0 radical (unpaired) electrons. The summed E-state index contributed by atoms with van der Waals surface area (Å²) in [7, 11) is 0. The van der Waals surface area contributed by atoms with Crippen LogP contribution in [0, 0.1) is 0 Å². The molecule has 16 heavy (non-hydrogen) atoms. The normalized spacial score (nSPS) is 13.9. The van der Waals surface area contributed by atoms with Gasteiger partial charge in [0.1, 0.15) is 6.61 Å². The minimum Gasteiger partial charge on any atom is -0.459 e. The second-order valence-electron chi connectivity index (χ2n) is 3.62. The quantitative estimate of drug-likeness (QED) is 0.485. The van der Waals surface area contributed by atoms with Crippen molar-refractivity contribution >= 4 is 27.7 Å². The molecule has 1 aromatic carbocycles. The molecule has 0 saturated carbocycles. The van der Waals surface area contributed by atoms with E-state index < -0.39 is 10.3 Å². The lowest BCUT2D eigenvalue weighted by Gasteiger charge is -2.17. The van der Waals surface area contributed by atoms with Gasteiger partial charge in [0.2, 0.25) is 0 Å². The Morgan fingerprint density at radius 3 is 2.38 bits per heavy atom. The van der Waals surface area contributed by atoms with Crippen LogP contribution in [0.4, 0.5) is 0 Å². The minimum absolute atomic E-state index is 0.175. The van der Waals surface area contributed by atoms with Gasteiger partial charge >= 0.3 is 5.97 Å². The molecule has 0 saturated heterocycles. The standard InChI is InChI=1S/C12H13BrO3/c1-9(14)12(2,13)11(15)16-8-10-6-4-3-5-7-10/h3-7H,8H2,1-2H3. The minimum atomic E-state index is -1.25. The fourth-order valence-electron chi connectivity index (χ4n) is 1.00. The Hall–Kier alpha value is -1.16. The Labute approximate surface area is 103 Å². The number of carbonyl (C=O) groups excluding carboxylic acids is 2. The van der Waals surface area contributed by atoms with Crippen molar-refractivity contribution in [2.45, 2.75) is 24.8 Å². The van der Waals surface area contributed by atoms with E-state index in [1.165, 1.54) is 13.8 Å². The summed E-state index contributed by atoms with van der Waals surface area (Å²) in [5.74, 6) is -0.839. The molecule has 0 aliphatic heterocycles. The summed E-state index contributed by atoms with van der Waals surface area (Å²) in [5, 5.41) is 0. The molecule has 0 aromatic heterocycles. The van der Waals surface area contributed by atoms with Crippen molar-refractivity contribution in [2.24, 2.45) is 0 Å². The van der Waals surface area contributed by atoms with Crippen LogP contribution in [0.3, 0.4) is 0 Å². The van der Waals surface area contributed by atoms with Crippen molar-refractivity contribution in [2.75, 3.05) is 0 Å². The summed E-state index contributed by atoms with van der Waals surface area (Å²) in [4.78, 5) is 22.8. The summed E-state index contributed by atoms with van der Waals surface area (Å²) in [6.45, 7) is 3.01. The zero-order chi connectivity index (χ0) is 12.2. The van der Waals surface area contributed by atoms with Crippen molar-refractivity contribution in [3.8, 4) is 0 Å². The first-order chi connectivity index (χ1) is 7.44. The molecule has 1 aromatic rings. The van der Waals surface area contributed by atoms with Crippen LogP contribution < -0.4 is 0 Å². The van der Waals surface area contributed by atoms with Gasteiger partial charge in [0.25, 0.3) is 0 Å². The Morgan fingerprint density at radius 2 is 1.88 bits per heavy atom. The van der Waals surface area contributed by atoms with Gasteiger partial charge in [-0.3, -0.25) is 9.59 Å². The van der Waals surface area contributed by atoms with Crippen LogP contribution in [0.5, 0.6) is 0 Å². The smallest absolute Gasteiger partial charge is 0.330 e. The predicted octanol–water partition coefficient (Wildman–Crippen LogP) is 2.47. The number of rotatable bonds is 4. The molecule has 0 N–H and O–H groups in total. The highest BCUT2D eigenvalue weighted by Gasteiger charge is 2.36. The van der Waals surface area contributed by atoms with E-state index in [1.54, 1.807) is 0 Å². The summed E-state index contributed by atoms with van der Waals surface area (Å²) < 4.78 is 3.80. The third-order valence-electron chi connectivity index (χ3n) is 2.26. The van der Waals surface area contributed by atoms with Crippen LogP contribution in [-0.4, -0.2) is 16.1 Å². The average molecular weight is 285 g/mol. The van der Waals surface area contributed by atoms with Crippen LogP contribution in [0.15, 0.2) is 30.3 Å². The number of esters is 1. The predicted molar refractivity (Wildman–Crippen MR) is 64.3 cm³/mol. The number of hydrogen-bond acceptors (Lipinski definition) is 3. The maximum absolute atomic E-state index is 11.6. The van der Waals surface area contributed by atoms with Crippen molar-refractivity contribution < 1.29 is 14.3 Å². The third-order valence-corrected chi connectivity index (χ3v) is 3.14. The van der Waals surface area contributed by atoms with Crippen molar-refractivity contribution in [1.82, 2.24) is 0 Å².